The lowest BCUT2D eigenvalue weighted by molar-refractivity contribution is 0.103. The largest absolute Gasteiger partial charge is 0.366 e. The van der Waals surface area contributed by atoms with Crippen LogP contribution >= 0.6 is 0 Å². The predicted octanol–water partition coefficient (Wildman–Crippen LogP) is 4.28. The molecule has 1 aliphatic heterocycles. The first-order valence-corrected chi connectivity index (χ1v) is 11.6. The Bertz CT molecular complexity index is 1560. The van der Waals surface area contributed by atoms with Gasteiger partial charge in [0.2, 0.25) is 5.65 Å². The summed E-state index contributed by atoms with van der Waals surface area (Å²) >= 11 is 0. The van der Waals surface area contributed by atoms with Crippen LogP contribution in [0.5, 0.6) is 0 Å². The number of hydrogen-bond donors (Lipinski definition) is 0. The van der Waals surface area contributed by atoms with Gasteiger partial charge >= 0.3 is 0 Å². The molecule has 1 aliphatic rings. The molecule has 7 nitrogen and oxygen atoms in total. The van der Waals surface area contributed by atoms with E-state index in [1.807, 2.05) is 72.0 Å². The van der Waals surface area contributed by atoms with Crippen molar-refractivity contribution in [1.82, 2.24) is 19.6 Å². The minimum atomic E-state index is -0.207. The van der Waals surface area contributed by atoms with E-state index in [1.165, 1.54) is 6.07 Å². The fourth-order valence-electron chi connectivity index (χ4n) is 4.73. The standard InChI is InChI=1S/C27H23FN6O/c1-18-30-31-27-26(33-15-13-32(14-16-33)23-10-6-5-9-21(23)28)29-22-12-11-20(17-24(22)34(18)27)25(35)19-7-3-2-4-8-19/h2-12,17H,13-16H2,1H3. The molecular formula is C27H23FN6O. The van der Waals surface area contributed by atoms with E-state index in [2.05, 4.69) is 20.0 Å². The zero-order valence-electron chi connectivity index (χ0n) is 19.2. The van der Waals surface area contributed by atoms with Crippen molar-refractivity contribution < 1.29 is 9.18 Å². The quantitative estimate of drug-likeness (QED) is 0.368. The van der Waals surface area contributed by atoms with Crippen LogP contribution in [0.2, 0.25) is 0 Å². The van der Waals surface area contributed by atoms with Crippen molar-refractivity contribution in [1.29, 1.82) is 0 Å². The second kappa shape index (κ2) is 8.47. The fraction of sp³-hybridized carbons (Fsp3) is 0.185. The van der Waals surface area contributed by atoms with E-state index in [4.69, 9.17) is 4.98 Å². The van der Waals surface area contributed by atoms with Gasteiger partial charge in [-0.05, 0) is 37.3 Å². The van der Waals surface area contributed by atoms with Crippen LogP contribution in [0.4, 0.5) is 15.9 Å². The Balaban J connectivity index is 1.36. The zero-order chi connectivity index (χ0) is 23.9. The maximum atomic E-state index is 14.3. The number of ketones is 1. The Kier molecular flexibility index (Phi) is 5.13. The lowest BCUT2D eigenvalue weighted by Gasteiger charge is -2.36. The molecule has 6 rings (SSSR count). The van der Waals surface area contributed by atoms with Crippen molar-refractivity contribution in [3.8, 4) is 0 Å². The van der Waals surface area contributed by atoms with Crippen molar-refractivity contribution in [2.24, 2.45) is 0 Å². The Morgan fingerprint density at radius 3 is 2.31 bits per heavy atom. The van der Waals surface area contributed by atoms with E-state index < -0.39 is 0 Å². The second-order valence-electron chi connectivity index (χ2n) is 8.67. The molecule has 0 atom stereocenters. The van der Waals surface area contributed by atoms with Crippen molar-refractivity contribution >= 4 is 34.0 Å². The maximum absolute atomic E-state index is 14.3. The zero-order valence-corrected chi connectivity index (χ0v) is 19.2. The van der Waals surface area contributed by atoms with Gasteiger partial charge in [-0.15, -0.1) is 10.2 Å². The smallest absolute Gasteiger partial charge is 0.204 e. The lowest BCUT2D eigenvalue weighted by Crippen LogP contribution is -2.47. The van der Waals surface area contributed by atoms with Crippen LogP contribution in [-0.4, -0.2) is 51.5 Å². The fourth-order valence-corrected chi connectivity index (χ4v) is 4.73. The lowest BCUT2D eigenvalue weighted by atomic mass is 10.0. The van der Waals surface area contributed by atoms with Gasteiger partial charge < -0.3 is 9.80 Å². The topological polar surface area (TPSA) is 66.6 Å². The molecule has 2 aromatic heterocycles. The van der Waals surface area contributed by atoms with E-state index >= 15 is 0 Å². The summed E-state index contributed by atoms with van der Waals surface area (Å²) in [6.45, 7) is 4.60. The van der Waals surface area contributed by atoms with Gasteiger partial charge in [-0.3, -0.25) is 9.20 Å². The number of piperazine rings is 1. The number of anilines is 2. The minimum absolute atomic E-state index is 0.0419. The van der Waals surface area contributed by atoms with Crippen molar-refractivity contribution in [2.75, 3.05) is 36.0 Å². The van der Waals surface area contributed by atoms with Crippen LogP contribution in [-0.2, 0) is 0 Å². The molecule has 8 heteroatoms. The van der Waals surface area contributed by atoms with Crippen LogP contribution in [0, 0.1) is 12.7 Å². The first-order valence-electron chi connectivity index (χ1n) is 11.6. The van der Waals surface area contributed by atoms with Crippen molar-refractivity contribution in [2.45, 2.75) is 6.92 Å². The average Bonchev–Trinajstić information content (AvgIpc) is 3.30. The molecule has 3 aromatic carbocycles. The molecule has 3 heterocycles. The molecule has 0 bridgehead atoms. The molecule has 0 amide bonds. The van der Waals surface area contributed by atoms with Gasteiger partial charge in [0.15, 0.2) is 11.6 Å². The average molecular weight is 467 g/mol. The number of fused-ring (bicyclic) bond motifs is 3. The normalized spacial score (nSPS) is 14.1. The van der Waals surface area contributed by atoms with Gasteiger partial charge in [0, 0.05) is 37.3 Å². The highest BCUT2D eigenvalue weighted by molar-refractivity contribution is 6.10. The molecule has 1 saturated heterocycles. The van der Waals surface area contributed by atoms with Crippen LogP contribution in [0.15, 0.2) is 72.8 Å². The highest BCUT2D eigenvalue weighted by Gasteiger charge is 2.24. The number of halogens is 1. The number of carbonyl (C=O) groups is 1. The summed E-state index contributed by atoms with van der Waals surface area (Å²) in [6, 6.07) is 21.7. The van der Waals surface area contributed by atoms with E-state index in [1.54, 1.807) is 6.07 Å². The van der Waals surface area contributed by atoms with Gasteiger partial charge in [0.25, 0.3) is 0 Å². The molecule has 1 fully saturated rings. The Labute approximate surface area is 201 Å². The Morgan fingerprint density at radius 1 is 0.829 bits per heavy atom. The van der Waals surface area contributed by atoms with Crippen LogP contribution in [0.3, 0.4) is 0 Å². The molecule has 5 aromatic rings. The number of rotatable bonds is 4. The first kappa shape index (κ1) is 21.2. The number of nitrogens with zero attached hydrogens (tertiary/aromatic N) is 6. The Morgan fingerprint density at radius 2 is 1.54 bits per heavy atom. The molecule has 0 unspecified atom stereocenters. The number of carbonyl (C=O) groups excluding carboxylic acids is 1. The predicted molar refractivity (Wildman–Crippen MR) is 134 cm³/mol. The molecule has 174 valence electrons. The summed E-state index contributed by atoms with van der Waals surface area (Å²) in [6.07, 6.45) is 0. The minimum Gasteiger partial charge on any atom is -0.366 e. The van der Waals surface area contributed by atoms with E-state index in [0.29, 0.717) is 48.6 Å². The Hall–Kier alpha value is -4.33. The van der Waals surface area contributed by atoms with E-state index in [9.17, 15) is 9.18 Å². The molecular weight excluding hydrogens is 443 g/mol. The number of aromatic nitrogens is 4. The highest BCUT2D eigenvalue weighted by atomic mass is 19.1. The van der Waals surface area contributed by atoms with E-state index in [0.717, 1.165) is 22.7 Å². The highest BCUT2D eigenvalue weighted by Crippen LogP contribution is 2.28. The molecule has 0 radical (unpaired) electrons. The van der Waals surface area contributed by atoms with Gasteiger partial charge in [-0.25, -0.2) is 9.37 Å². The maximum Gasteiger partial charge on any atom is 0.204 e. The summed E-state index contributed by atoms with van der Waals surface area (Å²) in [4.78, 5) is 22.2. The summed E-state index contributed by atoms with van der Waals surface area (Å²) in [7, 11) is 0. The van der Waals surface area contributed by atoms with Crippen LogP contribution < -0.4 is 9.80 Å². The molecule has 0 spiro atoms. The van der Waals surface area contributed by atoms with Crippen molar-refractivity contribution in [3.05, 3.63) is 95.6 Å². The van der Waals surface area contributed by atoms with Gasteiger partial charge in [-0.2, -0.15) is 0 Å². The summed E-state index contributed by atoms with van der Waals surface area (Å²) in [5, 5.41) is 8.73. The molecule has 0 N–H and O–H groups in total. The SMILES string of the molecule is Cc1nnc2c(N3CCN(c4ccccc4F)CC3)nc3ccc(C(=O)c4ccccc4)cc3n12. The monoisotopic (exact) mass is 466 g/mol. The van der Waals surface area contributed by atoms with Gasteiger partial charge in [0.1, 0.15) is 11.6 Å². The molecule has 35 heavy (non-hydrogen) atoms. The van der Waals surface area contributed by atoms with Gasteiger partial charge in [-0.1, -0.05) is 42.5 Å². The third kappa shape index (κ3) is 3.67. The molecule has 0 saturated carbocycles. The number of benzene rings is 3. The van der Waals surface area contributed by atoms with Crippen LogP contribution in [0.25, 0.3) is 16.7 Å². The third-order valence-corrected chi connectivity index (χ3v) is 6.54. The van der Waals surface area contributed by atoms with E-state index in [-0.39, 0.29) is 11.6 Å². The number of aryl methyl sites for hydroxylation is 1. The summed E-state index contributed by atoms with van der Waals surface area (Å²) in [5.74, 6) is 1.22. The van der Waals surface area contributed by atoms with Gasteiger partial charge in [0.05, 0.1) is 16.7 Å². The molecule has 0 aliphatic carbocycles. The number of hydrogen-bond acceptors (Lipinski definition) is 6. The summed E-state index contributed by atoms with van der Waals surface area (Å²) < 4.78 is 16.2. The third-order valence-electron chi connectivity index (χ3n) is 6.54. The second-order valence-corrected chi connectivity index (χ2v) is 8.67. The number of para-hydroxylation sites is 1. The first-order chi connectivity index (χ1) is 17.1. The van der Waals surface area contributed by atoms with Crippen LogP contribution in [0.1, 0.15) is 21.7 Å². The van der Waals surface area contributed by atoms with Crippen molar-refractivity contribution in [3.63, 3.8) is 0 Å². The summed E-state index contributed by atoms with van der Waals surface area (Å²) in [5.41, 5.74) is 4.05.